The smallest absolute Gasteiger partial charge is 0.322 e. The minimum absolute atomic E-state index is 0.0904. The van der Waals surface area contributed by atoms with Gasteiger partial charge in [0.05, 0.1) is 12.9 Å². The Bertz CT molecular complexity index is 910. The van der Waals surface area contributed by atoms with Gasteiger partial charge in [0.1, 0.15) is 5.82 Å². The monoisotopic (exact) mass is 400 g/mol. The summed E-state index contributed by atoms with van der Waals surface area (Å²) >= 11 is 6.16. The van der Waals surface area contributed by atoms with E-state index in [9.17, 15) is 9.18 Å². The Morgan fingerprint density at radius 3 is 2.82 bits per heavy atom. The Labute approximate surface area is 168 Å². The lowest BCUT2D eigenvalue weighted by Gasteiger charge is -2.24. The molecule has 1 aromatic heterocycles. The second kappa shape index (κ2) is 9.37. The topological polar surface area (TPSA) is 50.2 Å². The van der Waals surface area contributed by atoms with E-state index in [2.05, 4.69) is 10.3 Å². The number of aryl methyl sites for hydroxylation is 2. The Morgan fingerprint density at radius 2 is 2.11 bits per heavy atom. The molecule has 0 spiro atoms. The van der Waals surface area contributed by atoms with E-state index in [0.29, 0.717) is 35.8 Å². The van der Waals surface area contributed by atoms with Gasteiger partial charge >= 0.3 is 6.03 Å². The van der Waals surface area contributed by atoms with Crippen LogP contribution in [0.4, 0.5) is 14.9 Å². The van der Waals surface area contributed by atoms with E-state index in [1.165, 1.54) is 6.07 Å². The number of nitrogens with zero attached hydrogens (tertiary/aromatic N) is 3. The standard InChI is InChI=1S/C21H22ClFN4O/c1-16-5-2-6-17(13-16)25-21(28)27(11-4-10-26-12-9-24-15-26)14-18-19(22)7-3-8-20(18)23/h2-3,5-9,12-13,15H,4,10-11,14H2,1H3,(H,25,28). The summed E-state index contributed by atoms with van der Waals surface area (Å²) in [5, 5.41) is 3.20. The first-order chi connectivity index (χ1) is 13.5. The van der Waals surface area contributed by atoms with Gasteiger partial charge in [-0.25, -0.2) is 14.2 Å². The molecule has 2 aromatic carbocycles. The molecule has 28 heavy (non-hydrogen) atoms. The number of aromatic nitrogens is 2. The van der Waals surface area contributed by atoms with Crippen molar-refractivity contribution in [2.45, 2.75) is 26.4 Å². The van der Waals surface area contributed by atoms with Crippen LogP contribution in [-0.2, 0) is 13.1 Å². The summed E-state index contributed by atoms with van der Waals surface area (Å²) in [6, 6.07) is 11.8. The molecule has 3 aromatic rings. The highest BCUT2D eigenvalue weighted by molar-refractivity contribution is 6.31. The zero-order chi connectivity index (χ0) is 19.9. The highest BCUT2D eigenvalue weighted by atomic mass is 35.5. The molecule has 0 aliphatic rings. The van der Waals surface area contributed by atoms with Crippen LogP contribution < -0.4 is 5.32 Å². The number of nitrogens with one attached hydrogen (secondary N) is 1. The molecule has 0 atom stereocenters. The van der Waals surface area contributed by atoms with Crippen LogP contribution in [0.5, 0.6) is 0 Å². The maximum atomic E-state index is 14.2. The number of rotatable bonds is 7. The van der Waals surface area contributed by atoms with Crippen molar-refractivity contribution in [3.8, 4) is 0 Å². The number of imidazole rings is 1. The third-order valence-corrected chi connectivity index (χ3v) is 4.72. The van der Waals surface area contributed by atoms with Crippen molar-refractivity contribution in [3.63, 3.8) is 0 Å². The molecule has 0 aliphatic heterocycles. The van der Waals surface area contributed by atoms with Crippen molar-refractivity contribution in [1.29, 1.82) is 0 Å². The van der Waals surface area contributed by atoms with Gasteiger partial charge in [0.25, 0.3) is 0 Å². The van der Waals surface area contributed by atoms with Crippen molar-refractivity contribution in [2.75, 3.05) is 11.9 Å². The normalized spacial score (nSPS) is 10.7. The number of anilines is 1. The van der Waals surface area contributed by atoms with Crippen LogP contribution in [0, 0.1) is 12.7 Å². The molecule has 0 aliphatic carbocycles. The largest absolute Gasteiger partial charge is 0.337 e. The number of urea groups is 1. The lowest BCUT2D eigenvalue weighted by molar-refractivity contribution is 0.206. The molecule has 1 heterocycles. The van der Waals surface area contributed by atoms with Gasteiger partial charge in [0.15, 0.2) is 0 Å². The summed E-state index contributed by atoms with van der Waals surface area (Å²) in [5.74, 6) is -0.421. The minimum atomic E-state index is -0.421. The van der Waals surface area contributed by atoms with Gasteiger partial charge in [-0.3, -0.25) is 0 Å². The second-order valence-electron chi connectivity index (χ2n) is 6.58. The Morgan fingerprint density at radius 1 is 1.29 bits per heavy atom. The molecule has 0 radical (unpaired) electrons. The molecule has 0 fully saturated rings. The number of carbonyl (C=O) groups is 1. The fourth-order valence-corrected chi connectivity index (χ4v) is 3.14. The molecule has 7 heteroatoms. The fourth-order valence-electron chi connectivity index (χ4n) is 2.92. The molecular weight excluding hydrogens is 379 g/mol. The zero-order valence-corrected chi connectivity index (χ0v) is 16.4. The van der Waals surface area contributed by atoms with E-state index in [1.807, 2.05) is 42.0 Å². The Kier molecular flexibility index (Phi) is 6.66. The third-order valence-electron chi connectivity index (χ3n) is 4.37. The molecule has 0 bridgehead atoms. The van der Waals surface area contributed by atoms with Crippen LogP contribution in [0.2, 0.25) is 5.02 Å². The third kappa shape index (κ3) is 5.33. The SMILES string of the molecule is Cc1cccc(NC(=O)N(CCCn2ccnc2)Cc2c(F)cccc2Cl)c1. The second-order valence-corrected chi connectivity index (χ2v) is 6.98. The molecule has 1 N–H and O–H groups in total. The molecule has 5 nitrogen and oxygen atoms in total. The van der Waals surface area contributed by atoms with Crippen LogP contribution in [0.1, 0.15) is 17.5 Å². The first-order valence-corrected chi connectivity index (χ1v) is 9.42. The molecular formula is C21H22ClFN4O. The van der Waals surface area contributed by atoms with E-state index in [-0.39, 0.29) is 12.6 Å². The highest BCUT2D eigenvalue weighted by Crippen LogP contribution is 2.21. The first kappa shape index (κ1) is 19.9. The highest BCUT2D eigenvalue weighted by Gasteiger charge is 2.18. The van der Waals surface area contributed by atoms with Crippen LogP contribution in [-0.4, -0.2) is 27.0 Å². The first-order valence-electron chi connectivity index (χ1n) is 9.04. The summed E-state index contributed by atoms with van der Waals surface area (Å²) < 4.78 is 16.2. The minimum Gasteiger partial charge on any atom is -0.337 e. The number of hydrogen-bond acceptors (Lipinski definition) is 2. The lowest BCUT2D eigenvalue weighted by Crippen LogP contribution is -2.36. The van der Waals surface area contributed by atoms with Crippen LogP contribution >= 0.6 is 11.6 Å². The maximum Gasteiger partial charge on any atom is 0.322 e. The summed E-state index contributed by atoms with van der Waals surface area (Å²) in [4.78, 5) is 18.5. The molecule has 0 saturated carbocycles. The molecule has 2 amide bonds. The number of amides is 2. The van der Waals surface area contributed by atoms with Gasteiger partial charge < -0.3 is 14.8 Å². The predicted octanol–water partition coefficient (Wildman–Crippen LogP) is 5.11. The molecule has 3 rings (SSSR count). The Hall–Kier alpha value is -2.86. The summed E-state index contributed by atoms with van der Waals surface area (Å²) in [7, 11) is 0. The quantitative estimate of drug-likeness (QED) is 0.599. The molecule has 0 saturated heterocycles. The Balaban J connectivity index is 1.73. The van der Waals surface area contributed by atoms with E-state index >= 15 is 0 Å². The fraction of sp³-hybridized carbons (Fsp3) is 0.238. The maximum absolute atomic E-state index is 14.2. The van der Waals surface area contributed by atoms with E-state index in [1.54, 1.807) is 29.6 Å². The summed E-state index contributed by atoms with van der Waals surface area (Å²) in [5.41, 5.74) is 2.05. The zero-order valence-electron chi connectivity index (χ0n) is 15.6. The van der Waals surface area contributed by atoms with Crippen molar-refractivity contribution >= 4 is 23.3 Å². The van der Waals surface area contributed by atoms with Crippen molar-refractivity contribution < 1.29 is 9.18 Å². The van der Waals surface area contributed by atoms with E-state index < -0.39 is 5.82 Å². The summed E-state index contributed by atoms with van der Waals surface area (Å²) in [6.45, 7) is 3.20. The van der Waals surface area contributed by atoms with Gasteiger partial charge in [0.2, 0.25) is 0 Å². The van der Waals surface area contributed by atoms with Gasteiger partial charge in [-0.2, -0.15) is 0 Å². The van der Waals surface area contributed by atoms with Gasteiger partial charge in [-0.1, -0.05) is 29.8 Å². The van der Waals surface area contributed by atoms with Crippen LogP contribution in [0.15, 0.2) is 61.2 Å². The molecule has 146 valence electrons. The average Bonchev–Trinajstić information content (AvgIpc) is 3.17. The van der Waals surface area contributed by atoms with Crippen molar-refractivity contribution in [3.05, 3.63) is 83.2 Å². The average molecular weight is 401 g/mol. The number of hydrogen-bond donors (Lipinski definition) is 1. The van der Waals surface area contributed by atoms with Crippen LogP contribution in [0.25, 0.3) is 0 Å². The van der Waals surface area contributed by atoms with E-state index in [0.717, 1.165) is 5.56 Å². The number of carbonyl (C=O) groups excluding carboxylic acids is 1. The van der Waals surface area contributed by atoms with Crippen molar-refractivity contribution in [2.24, 2.45) is 0 Å². The van der Waals surface area contributed by atoms with Crippen molar-refractivity contribution in [1.82, 2.24) is 14.5 Å². The summed E-state index contributed by atoms with van der Waals surface area (Å²) in [6.07, 6.45) is 6.00. The van der Waals surface area contributed by atoms with Gasteiger partial charge in [-0.15, -0.1) is 0 Å². The van der Waals surface area contributed by atoms with Crippen LogP contribution in [0.3, 0.4) is 0 Å². The van der Waals surface area contributed by atoms with Gasteiger partial charge in [-0.05, 0) is 43.2 Å². The number of benzene rings is 2. The molecule has 0 unspecified atom stereocenters. The predicted molar refractivity (Wildman–Crippen MR) is 109 cm³/mol. The van der Waals surface area contributed by atoms with Gasteiger partial charge in [0, 0.05) is 41.8 Å². The number of halogens is 2. The lowest BCUT2D eigenvalue weighted by atomic mass is 10.2. The van der Waals surface area contributed by atoms with E-state index in [4.69, 9.17) is 11.6 Å².